The summed E-state index contributed by atoms with van der Waals surface area (Å²) in [5.41, 5.74) is 4.00. The van der Waals surface area contributed by atoms with Crippen molar-refractivity contribution in [3.63, 3.8) is 0 Å². The van der Waals surface area contributed by atoms with E-state index in [0.29, 0.717) is 22.3 Å². The van der Waals surface area contributed by atoms with E-state index in [1.165, 1.54) is 12.1 Å². The van der Waals surface area contributed by atoms with Crippen LogP contribution in [0.3, 0.4) is 0 Å². The molecule has 3 rings (SSSR count). The van der Waals surface area contributed by atoms with Gasteiger partial charge in [-0.05, 0) is 18.2 Å². The fourth-order valence-electron chi connectivity index (χ4n) is 2.05. The van der Waals surface area contributed by atoms with Crippen molar-refractivity contribution in [1.82, 2.24) is 9.97 Å². The van der Waals surface area contributed by atoms with Crippen LogP contribution >= 0.6 is 0 Å². The van der Waals surface area contributed by atoms with Crippen molar-refractivity contribution in [1.29, 1.82) is 0 Å². The molecule has 0 saturated heterocycles. The first kappa shape index (κ1) is 12.8. The maximum atomic E-state index is 12.1. The molecule has 0 bridgehead atoms. The number of nitro groups is 1. The van der Waals surface area contributed by atoms with Crippen LogP contribution in [0.4, 0.5) is 5.69 Å². The van der Waals surface area contributed by atoms with Gasteiger partial charge in [-0.3, -0.25) is 4.79 Å². The third kappa shape index (κ3) is 2.57. The van der Waals surface area contributed by atoms with E-state index in [9.17, 15) is 14.9 Å². The van der Waals surface area contributed by atoms with Crippen LogP contribution in [-0.4, -0.2) is 15.0 Å². The average Bonchev–Trinajstić information content (AvgIpc) is 2.46. The lowest BCUT2D eigenvalue weighted by molar-refractivity contribution is -0.445. The number of hydrogen-bond donors (Lipinski definition) is 2. The molecule has 0 spiro atoms. The molecular formula is C14H10N4O3. The van der Waals surface area contributed by atoms with E-state index in [1.54, 1.807) is 18.2 Å². The van der Waals surface area contributed by atoms with E-state index in [1.807, 2.05) is 23.6 Å². The van der Waals surface area contributed by atoms with E-state index in [4.69, 9.17) is 0 Å². The average molecular weight is 282 g/mol. The molecule has 7 nitrogen and oxygen atoms in total. The minimum Gasteiger partial charge on any atom is -0.319 e. The second-order valence-corrected chi connectivity index (χ2v) is 4.38. The van der Waals surface area contributed by atoms with Gasteiger partial charge in [-0.2, -0.15) is 0 Å². The third-order valence-electron chi connectivity index (χ3n) is 2.96. The van der Waals surface area contributed by atoms with Crippen LogP contribution < -0.4 is 11.0 Å². The molecule has 1 heterocycles. The Bertz CT molecular complexity index is 874. The Morgan fingerprint density at radius 1 is 1.14 bits per heavy atom. The molecule has 2 N–H and O–H groups in total. The summed E-state index contributed by atoms with van der Waals surface area (Å²) in [5, 5.41) is 9.76. The van der Waals surface area contributed by atoms with Crippen LogP contribution in [0.5, 0.6) is 0 Å². The summed E-state index contributed by atoms with van der Waals surface area (Å²) in [6, 6.07) is 13.7. The van der Waals surface area contributed by atoms with E-state index >= 15 is 0 Å². The van der Waals surface area contributed by atoms with Crippen LogP contribution in [0, 0.1) is 10.1 Å². The molecule has 0 aliphatic carbocycles. The van der Waals surface area contributed by atoms with Gasteiger partial charge in [-0.25, -0.2) is 15.1 Å². The number of anilines is 1. The predicted octanol–water partition coefficient (Wildman–Crippen LogP) is 2.19. The van der Waals surface area contributed by atoms with Gasteiger partial charge in [-0.15, -0.1) is 5.43 Å². The van der Waals surface area contributed by atoms with E-state index in [-0.39, 0.29) is 11.2 Å². The Hall–Kier alpha value is -3.22. The first-order valence-electron chi connectivity index (χ1n) is 6.14. The Morgan fingerprint density at radius 2 is 1.90 bits per heavy atom. The molecule has 0 amide bonds. The van der Waals surface area contributed by atoms with Crippen molar-refractivity contribution in [2.24, 2.45) is 0 Å². The highest BCUT2D eigenvalue weighted by molar-refractivity contribution is 5.80. The number of hydrogen-bond acceptors (Lipinski definition) is 4. The highest BCUT2D eigenvalue weighted by Gasteiger charge is 2.08. The monoisotopic (exact) mass is 282 g/mol. The third-order valence-corrected chi connectivity index (χ3v) is 2.96. The Balaban J connectivity index is 2.13. The molecular weight excluding hydrogens is 272 g/mol. The number of rotatable bonds is 3. The van der Waals surface area contributed by atoms with Crippen LogP contribution in [0.2, 0.25) is 0 Å². The molecule has 0 saturated carbocycles. The molecule has 0 radical (unpaired) electrons. The molecule has 2 aromatic carbocycles. The highest BCUT2D eigenvalue weighted by atomic mass is 16.7. The van der Waals surface area contributed by atoms with Crippen LogP contribution in [0.15, 0.2) is 53.3 Å². The topological polar surface area (TPSA) is 101 Å². The van der Waals surface area contributed by atoms with Gasteiger partial charge in [0, 0.05) is 5.56 Å². The fraction of sp³-hybridized carbons (Fsp3) is 0. The van der Waals surface area contributed by atoms with Gasteiger partial charge in [0.1, 0.15) is 11.4 Å². The summed E-state index contributed by atoms with van der Waals surface area (Å²) in [7, 11) is 0. The molecule has 0 unspecified atom stereocenters. The van der Waals surface area contributed by atoms with Gasteiger partial charge in [0.05, 0.1) is 11.0 Å². The molecule has 3 aromatic rings. The van der Waals surface area contributed by atoms with Crippen molar-refractivity contribution in [3.8, 4) is 11.3 Å². The number of hydrazine groups is 1. The lowest BCUT2D eigenvalue weighted by atomic mass is 10.1. The summed E-state index contributed by atoms with van der Waals surface area (Å²) in [6.45, 7) is 0. The van der Waals surface area contributed by atoms with Crippen LogP contribution in [0.25, 0.3) is 22.3 Å². The number of fused-ring (bicyclic) bond motifs is 1. The zero-order valence-electron chi connectivity index (χ0n) is 10.7. The smallest absolute Gasteiger partial charge is 0.274 e. The second-order valence-electron chi connectivity index (χ2n) is 4.38. The quantitative estimate of drug-likeness (QED) is 0.566. The summed E-state index contributed by atoms with van der Waals surface area (Å²) in [6.07, 6.45) is 0. The van der Waals surface area contributed by atoms with E-state index in [0.717, 1.165) is 0 Å². The van der Waals surface area contributed by atoms with Crippen molar-refractivity contribution >= 4 is 16.7 Å². The fourth-order valence-corrected chi connectivity index (χ4v) is 2.05. The van der Waals surface area contributed by atoms with Crippen molar-refractivity contribution in [3.05, 3.63) is 69.0 Å². The first-order valence-corrected chi connectivity index (χ1v) is 6.14. The predicted molar refractivity (Wildman–Crippen MR) is 78.4 cm³/mol. The highest BCUT2D eigenvalue weighted by Crippen LogP contribution is 2.18. The molecule has 104 valence electrons. The molecule has 0 aliphatic rings. The maximum Gasteiger partial charge on any atom is 0.274 e. The number of aromatic nitrogens is 2. The second kappa shape index (κ2) is 5.04. The number of nitrogens with zero attached hydrogens (tertiary/aromatic N) is 2. The largest absolute Gasteiger partial charge is 0.319 e. The van der Waals surface area contributed by atoms with Gasteiger partial charge in [0.25, 0.3) is 5.56 Å². The van der Waals surface area contributed by atoms with Gasteiger partial charge in [0.2, 0.25) is 0 Å². The van der Waals surface area contributed by atoms with Crippen LogP contribution in [-0.2, 0) is 0 Å². The summed E-state index contributed by atoms with van der Waals surface area (Å²) in [5.74, 6) is 0. The zero-order valence-corrected chi connectivity index (χ0v) is 10.7. The van der Waals surface area contributed by atoms with Gasteiger partial charge < -0.3 is 4.98 Å². The minimum absolute atomic E-state index is 0.275. The van der Waals surface area contributed by atoms with Crippen molar-refractivity contribution in [2.45, 2.75) is 0 Å². The molecule has 0 atom stereocenters. The normalized spacial score (nSPS) is 10.5. The van der Waals surface area contributed by atoms with Gasteiger partial charge >= 0.3 is 0 Å². The van der Waals surface area contributed by atoms with Crippen molar-refractivity contribution < 1.29 is 5.03 Å². The summed E-state index contributed by atoms with van der Waals surface area (Å²) >= 11 is 0. The van der Waals surface area contributed by atoms with Crippen molar-refractivity contribution in [2.75, 3.05) is 5.43 Å². The SMILES string of the molecule is O=c1[nH]c2cc(N[N+](=O)[O-])ccc2nc1-c1ccccc1. The lowest BCUT2D eigenvalue weighted by Crippen LogP contribution is -2.12. The van der Waals surface area contributed by atoms with Crippen LogP contribution in [0.1, 0.15) is 0 Å². The number of aromatic amines is 1. The number of H-pyrrole nitrogens is 1. The van der Waals surface area contributed by atoms with Gasteiger partial charge in [0.15, 0.2) is 5.03 Å². The first-order chi connectivity index (χ1) is 10.1. The standard InChI is InChI=1S/C14H10N4O3/c19-14-13(9-4-2-1-3-5-9)15-11-7-6-10(17-18(20)21)8-12(11)16-14/h1-8,17H,(H,16,19). The molecule has 21 heavy (non-hydrogen) atoms. The minimum atomic E-state index is -0.662. The van der Waals surface area contributed by atoms with Gasteiger partial charge in [-0.1, -0.05) is 30.3 Å². The summed E-state index contributed by atoms with van der Waals surface area (Å²) < 4.78 is 0. The number of nitrogens with one attached hydrogen (secondary N) is 2. The molecule has 0 aliphatic heterocycles. The maximum absolute atomic E-state index is 12.1. The zero-order chi connectivity index (χ0) is 14.8. The Labute approximate surface area is 118 Å². The Morgan fingerprint density at radius 3 is 2.62 bits per heavy atom. The van der Waals surface area contributed by atoms with E-state index < -0.39 is 5.03 Å². The van der Waals surface area contributed by atoms with E-state index in [2.05, 4.69) is 9.97 Å². The summed E-state index contributed by atoms with van der Waals surface area (Å²) in [4.78, 5) is 29.5. The lowest BCUT2D eigenvalue weighted by Gasteiger charge is -2.04. The molecule has 0 fully saturated rings. The molecule has 7 heteroatoms. The Kier molecular flexibility index (Phi) is 3.07. The number of benzene rings is 2. The molecule has 1 aromatic heterocycles.